The van der Waals surface area contributed by atoms with Crippen LogP contribution in [0.1, 0.15) is 18.4 Å². The molecule has 0 aromatic heterocycles. The Morgan fingerprint density at radius 1 is 1.23 bits per heavy atom. The molecule has 0 radical (unpaired) electrons. The molecule has 0 aliphatic carbocycles. The molecule has 1 unspecified atom stereocenters. The zero-order valence-electron chi connectivity index (χ0n) is 15.7. The van der Waals surface area contributed by atoms with Crippen molar-refractivity contribution >= 4 is 18.3 Å². The number of hydrogen-bond donors (Lipinski definition) is 2. The zero-order valence-corrected chi connectivity index (χ0v) is 16.6. The molecule has 1 aromatic rings. The molecule has 0 spiro atoms. The van der Waals surface area contributed by atoms with Gasteiger partial charge in [-0.2, -0.15) is 0 Å². The molecule has 3 N–H and O–H groups in total. The summed E-state index contributed by atoms with van der Waals surface area (Å²) in [5.74, 6) is 2.23. The smallest absolute Gasteiger partial charge is 0.224 e. The van der Waals surface area contributed by atoms with E-state index in [1.807, 2.05) is 12.1 Å². The number of nitrogens with two attached hydrogens (primary N) is 1. The number of nitrogens with one attached hydrogen (secondary N) is 1. The number of likely N-dealkylation sites (tertiary alicyclic amines) is 1. The lowest BCUT2D eigenvalue weighted by Crippen LogP contribution is -2.43. The van der Waals surface area contributed by atoms with Gasteiger partial charge in [0.25, 0.3) is 0 Å². The highest BCUT2D eigenvalue weighted by Crippen LogP contribution is 2.35. The van der Waals surface area contributed by atoms with E-state index in [1.54, 1.807) is 21.3 Å². The minimum atomic E-state index is -0.00413. The number of nitrogens with zero attached hydrogens (tertiary/aromatic N) is 1. The number of piperidine rings is 1. The molecule has 148 valence electrons. The van der Waals surface area contributed by atoms with E-state index in [0.717, 1.165) is 43.0 Å². The van der Waals surface area contributed by atoms with Gasteiger partial charge in [0.05, 0.1) is 32.8 Å². The Labute approximate surface area is 161 Å². The Kier molecular flexibility index (Phi) is 9.54. The Morgan fingerprint density at radius 2 is 1.88 bits per heavy atom. The Balaban J connectivity index is 0.00000338. The van der Waals surface area contributed by atoms with E-state index in [9.17, 15) is 4.79 Å². The van der Waals surface area contributed by atoms with Crippen molar-refractivity contribution in [1.29, 1.82) is 0 Å². The van der Waals surface area contributed by atoms with Crippen LogP contribution in [0.25, 0.3) is 0 Å². The Hall–Kier alpha value is -1.70. The second-order valence-corrected chi connectivity index (χ2v) is 6.16. The third-order valence-corrected chi connectivity index (χ3v) is 4.52. The van der Waals surface area contributed by atoms with Gasteiger partial charge >= 0.3 is 0 Å². The molecule has 1 heterocycles. The Bertz CT molecular complexity index is 561. The number of benzene rings is 1. The lowest BCUT2D eigenvalue weighted by atomic mass is 9.96. The number of amides is 1. The normalized spacial score (nSPS) is 17.2. The van der Waals surface area contributed by atoms with E-state index in [2.05, 4.69) is 10.2 Å². The van der Waals surface area contributed by atoms with Gasteiger partial charge in [-0.05, 0) is 19.4 Å². The number of halogens is 1. The SMILES string of the molecule is COc1cc(OC)c(CN2CCCC(C(=O)NCCN)C2)c(OC)c1.Cl. The topological polar surface area (TPSA) is 86.1 Å². The van der Waals surface area contributed by atoms with Crippen LogP contribution in [0.3, 0.4) is 0 Å². The van der Waals surface area contributed by atoms with Crippen LogP contribution in [0.4, 0.5) is 0 Å². The summed E-state index contributed by atoms with van der Waals surface area (Å²) in [7, 11) is 4.89. The summed E-state index contributed by atoms with van der Waals surface area (Å²) in [6, 6.07) is 3.71. The summed E-state index contributed by atoms with van der Waals surface area (Å²) in [4.78, 5) is 14.5. The van der Waals surface area contributed by atoms with Gasteiger partial charge in [0.2, 0.25) is 5.91 Å². The van der Waals surface area contributed by atoms with E-state index in [4.69, 9.17) is 19.9 Å². The number of hydrogen-bond acceptors (Lipinski definition) is 6. The summed E-state index contributed by atoms with van der Waals surface area (Å²) in [5.41, 5.74) is 6.43. The zero-order chi connectivity index (χ0) is 18.2. The second-order valence-electron chi connectivity index (χ2n) is 6.16. The quantitative estimate of drug-likeness (QED) is 0.701. The monoisotopic (exact) mass is 387 g/mol. The molecular formula is C18H30ClN3O4. The standard InChI is InChI=1S/C18H29N3O4.ClH/c1-23-14-9-16(24-2)15(17(10-14)25-3)12-21-8-4-5-13(11-21)18(22)20-7-6-19;/h9-10,13H,4-8,11-12,19H2,1-3H3,(H,20,22);1H. The fraction of sp³-hybridized carbons (Fsp3) is 0.611. The van der Waals surface area contributed by atoms with Crippen molar-refractivity contribution in [2.45, 2.75) is 19.4 Å². The first kappa shape index (κ1) is 22.3. The Morgan fingerprint density at radius 3 is 2.42 bits per heavy atom. The first-order valence-corrected chi connectivity index (χ1v) is 8.62. The second kappa shape index (κ2) is 11.1. The predicted octanol–water partition coefficient (Wildman–Crippen LogP) is 1.42. The number of carbonyl (C=O) groups excluding carboxylic acids is 1. The maximum atomic E-state index is 12.2. The maximum absolute atomic E-state index is 12.2. The summed E-state index contributed by atoms with van der Waals surface area (Å²) in [5, 5.41) is 2.89. The first-order valence-electron chi connectivity index (χ1n) is 8.62. The summed E-state index contributed by atoms with van der Waals surface area (Å²) >= 11 is 0. The third-order valence-electron chi connectivity index (χ3n) is 4.52. The van der Waals surface area contributed by atoms with Gasteiger partial charge in [-0.3, -0.25) is 9.69 Å². The first-order chi connectivity index (χ1) is 12.1. The largest absolute Gasteiger partial charge is 0.496 e. The predicted molar refractivity (Wildman–Crippen MR) is 103 cm³/mol. The molecule has 1 saturated heterocycles. The average Bonchev–Trinajstić information content (AvgIpc) is 2.66. The van der Waals surface area contributed by atoms with E-state index in [0.29, 0.717) is 25.4 Å². The van der Waals surface area contributed by atoms with Crippen LogP contribution in [0.2, 0.25) is 0 Å². The van der Waals surface area contributed by atoms with Crippen LogP contribution < -0.4 is 25.3 Å². The summed E-state index contributed by atoms with van der Waals surface area (Å²) < 4.78 is 16.3. The van der Waals surface area contributed by atoms with Gasteiger partial charge in [0, 0.05) is 38.3 Å². The van der Waals surface area contributed by atoms with Gasteiger partial charge < -0.3 is 25.3 Å². The van der Waals surface area contributed by atoms with Crippen LogP contribution in [-0.4, -0.2) is 58.3 Å². The molecule has 26 heavy (non-hydrogen) atoms. The molecule has 8 heteroatoms. The summed E-state index contributed by atoms with van der Waals surface area (Å²) in [6.07, 6.45) is 1.89. The van der Waals surface area contributed by atoms with Crippen molar-refractivity contribution in [3.63, 3.8) is 0 Å². The molecule has 0 saturated carbocycles. The van der Waals surface area contributed by atoms with Crippen LogP contribution in [0.5, 0.6) is 17.2 Å². The third kappa shape index (κ3) is 5.65. The molecule has 2 rings (SSSR count). The number of carbonyl (C=O) groups is 1. The molecule has 1 fully saturated rings. The van der Waals surface area contributed by atoms with Crippen LogP contribution in [0, 0.1) is 5.92 Å². The van der Waals surface area contributed by atoms with Gasteiger partial charge in [-0.1, -0.05) is 0 Å². The van der Waals surface area contributed by atoms with Gasteiger partial charge in [0.15, 0.2) is 0 Å². The molecule has 7 nitrogen and oxygen atoms in total. The van der Waals surface area contributed by atoms with Gasteiger partial charge in [-0.15, -0.1) is 12.4 Å². The van der Waals surface area contributed by atoms with Crippen molar-refractivity contribution in [2.75, 3.05) is 47.5 Å². The van der Waals surface area contributed by atoms with E-state index >= 15 is 0 Å². The minimum absolute atomic E-state index is 0. The van der Waals surface area contributed by atoms with Gasteiger partial charge in [-0.25, -0.2) is 0 Å². The van der Waals surface area contributed by atoms with Crippen molar-refractivity contribution in [3.8, 4) is 17.2 Å². The molecule has 1 aliphatic heterocycles. The molecule has 1 aliphatic rings. The van der Waals surface area contributed by atoms with E-state index < -0.39 is 0 Å². The fourth-order valence-electron chi connectivity index (χ4n) is 3.21. The highest BCUT2D eigenvalue weighted by atomic mass is 35.5. The molecule has 1 aromatic carbocycles. The molecule has 0 bridgehead atoms. The van der Waals surface area contributed by atoms with Crippen molar-refractivity contribution in [3.05, 3.63) is 17.7 Å². The van der Waals surface area contributed by atoms with Crippen LogP contribution in [-0.2, 0) is 11.3 Å². The van der Waals surface area contributed by atoms with E-state index in [-0.39, 0.29) is 24.2 Å². The number of rotatable bonds is 8. The lowest BCUT2D eigenvalue weighted by molar-refractivity contribution is -0.126. The lowest BCUT2D eigenvalue weighted by Gasteiger charge is -2.32. The van der Waals surface area contributed by atoms with Crippen LogP contribution in [0.15, 0.2) is 12.1 Å². The summed E-state index contributed by atoms with van der Waals surface area (Å²) in [6.45, 7) is 3.31. The molecule has 1 amide bonds. The van der Waals surface area contributed by atoms with Crippen molar-refractivity contribution in [2.24, 2.45) is 11.7 Å². The fourth-order valence-corrected chi connectivity index (χ4v) is 3.21. The number of ether oxygens (including phenoxy) is 3. The van der Waals surface area contributed by atoms with Gasteiger partial charge in [0.1, 0.15) is 17.2 Å². The maximum Gasteiger partial charge on any atom is 0.224 e. The van der Waals surface area contributed by atoms with Crippen molar-refractivity contribution in [1.82, 2.24) is 10.2 Å². The highest BCUT2D eigenvalue weighted by Gasteiger charge is 2.27. The molecular weight excluding hydrogens is 358 g/mol. The van der Waals surface area contributed by atoms with E-state index in [1.165, 1.54) is 0 Å². The highest BCUT2D eigenvalue weighted by molar-refractivity contribution is 5.85. The van der Waals surface area contributed by atoms with Crippen molar-refractivity contribution < 1.29 is 19.0 Å². The van der Waals surface area contributed by atoms with Crippen LogP contribution >= 0.6 is 12.4 Å². The minimum Gasteiger partial charge on any atom is -0.496 e. The average molecular weight is 388 g/mol. The molecule has 1 atom stereocenters. The number of methoxy groups -OCH3 is 3.